The van der Waals surface area contributed by atoms with Gasteiger partial charge < -0.3 is 20.7 Å². The molecule has 2 aromatic rings. The van der Waals surface area contributed by atoms with Crippen molar-refractivity contribution in [2.24, 2.45) is 0 Å². The number of aryl methyl sites for hydroxylation is 1. The van der Waals surface area contributed by atoms with Crippen LogP contribution in [0.25, 0.3) is 0 Å². The maximum Gasteiger partial charge on any atom is 0.220 e. The third-order valence-corrected chi connectivity index (χ3v) is 4.31. The van der Waals surface area contributed by atoms with Gasteiger partial charge >= 0.3 is 0 Å². The van der Waals surface area contributed by atoms with Gasteiger partial charge in [-0.3, -0.25) is 4.79 Å². The number of carbonyl (C=O) groups is 1. The molecule has 8 heteroatoms. The number of amides is 1. The number of rotatable bonds is 6. The predicted octanol–water partition coefficient (Wildman–Crippen LogP) is 2.59. The van der Waals surface area contributed by atoms with E-state index in [4.69, 9.17) is 10.5 Å². The van der Waals surface area contributed by atoms with E-state index in [1.807, 2.05) is 36.4 Å². The lowest BCUT2D eigenvalue weighted by molar-refractivity contribution is -0.121. The summed E-state index contributed by atoms with van der Waals surface area (Å²) in [5.41, 5.74) is 8.70. The Kier molecular flexibility index (Phi) is 9.93. The second kappa shape index (κ2) is 11.6. The Balaban J connectivity index is 0.00000182. The summed E-state index contributed by atoms with van der Waals surface area (Å²) >= 11 is 0. The molecule has 3 rings (SSSR count). The van der Waals surface area contributed by atoms with E-state index in [0.29, 0.717) is 19.4 Å². The molecule has 6 nitrogen and oxygen atoms in total. The zero-order chi connectivity index (χ0) is 17.5. The van der Waals surface area contributed by atoms with Crippen LogP contribution in [0.5, 0.6) is 0 Å². The molecule has 0 radical (unpaired) electrons. The molecule has 2 heterocycles. The van der Waals surface area contributed by atoms with Crippen LogP contribution in [-0.2, 0) is 22.5 Å². The summed E-state index contributed by atoms with van der Waals surface area (Å²) in [6.45, 7) is 3.65. The lowest BCUT2D eigenvalue weighted by Crippen LogP contribution is -2.36. The molecule has 148 valence electrons. The molecule has 1 aromatic carbocycles. The van der Waals surface area contributed by atoms with Gasteiger partial charge in [-0.2, -0.15) is 0 Å². The maximum absolute atomic E-state index is 12.1. The summed E-state index contributed by atoms with van der Waals surface area (Å²) in [5.74, 6) is 0.958. The largest absolute Gasteiger partial charge is 0.399 e. The minimum Gasteiger partial charge on any atom is -0.399 e. The highest BCUT2D eigenvalue weighted by Gasteiger charge is 2.12. The van der Waals surface area contributed by atoms with Crippen LogP contribution in [0.4, 0.5) is 11.5 Å². The van der Waals surface area contributed by atoms with E-state index in [0.717, 1.165) is 48.9 Å². The molecule has 0 atom stereocenters. The Morgan fingerprint density at radius 1 is 1.19 bits per heavy atom. The van der Waals surface area contributed by atoms with Gasteiger partial charge in [-0.05, 0) is 35.7 Å². The van der Waals surface area contributed by atoms with Crippen molar-refractivity contribution in [3.05, 3.63) is 53.7 Å². The van der Waals surface area contributed by atoms with E-state index in [2.05, 4.69) is 15.2 Å². The molecular weight excluding hydrogens is 387 g/mol. The fraction of sp³-hybridized carbons (Fsp3) is 0.368. The number of hydrogen-bond acceptors (Lipinski definition) is 5. The molecule has 1 aliphatic heterocycles. The number of hydrogen-bond donors (Lipinski definition) is 2. The van der Waals surface area contributed by atoms with E-state index in [9.17, 15) is 4.79 Å². The van der Waals surface area contributed by atoms with Crippen LogP contribution in [0.2, 0.25) is 0 Å². The number of nitrogen functional groups attached to an aromatic ring is 1. The molecule has 3 N–H and O–H groups in total. The van der Waals surface area contributed by atoms with Crippen molar-refractivity contribution in [3.63, 3.8) is 0 Å². The first-order valence-electron chi connectivity index (χ1n) is 8.60. The van der Waals surface area contributed by atoms with E-state index < -0.39 is 0 Å². The molecule has 0 bridgehead atoms. The third kappa shape index (κ3) is 6.90. The minimum atomic E-state index is 0. The van der Waals surface area contributed by atoms with Crippen molar-refractivity contribution in [2.45, 2.75) is 19.4 Å². The second-order valence-electron chi connectivity index (χ2n) is 6.10. The zero-order valence-corrected chi connectivity index (χ0v) is 16.7. The summed E-state index contributed by atoms with van der Waals surface area (Å²) in [4.78, 5) is 18.7. The first-order chi connectivity index (χ1) is 12.2. The second-order valence-corrected chi connectivity index (χ2v) is 6.10. The van der Waals surface area contributed by atoms with Gasteiger partial charge in [0.05, 0.1) is 13.2 Å². The summed E-state index contributed by atoms with van der Waals surface area (Å²) in [6.07, 6.45) is 2.86. The van der Waals surface area contributed by atoms with Gasteiger partial charge in [0.25, 0.3) is 0 Å². The number of aromatic nitrogens is 1. The van der Waals surface area contributed by atoms with Crippen molar-refractivity contribution in [2.75, 3.05) is 36.9 Å². The first kappa shape index (κ1) is 23.0. The van der Waals surface area contributed by atoms with Crippen molar-refractivity contribution in [1.29, 1.82) is 0 Å². The smallest absolute Gasteiger partial charge is 0.220 e. The highest BCUT2D eigenvalue weighted by molar-refractivity contribution is 5.85. The number of para-hydroxylation sites is 1. The molecule has 1 amide bonds. The van der Waals surface area contributed by atoms with E-state index >= 15 is 0 Å². The van der Waals surface area contributed by atoms with Gasteiger partial charge in [-0.15, -0.1) is 24.8 Å². The number of morpholine rings is 1. The molecule has 1 fully saturated rings. The number of anilines is 2. The Morgan fingerprint density at radius 3 is 2.67 bits per heavy atom. The summed E-state index contributed by atoms with van der Waals surface area (Å²) in [6, 6.07) is 11.6. The lowest BCUT2D eigenvalue weighted by atomic mass is 10.1. The van der Waals surface area contributed by atoms with Gasteiger partial charge in [-0.25, -0.2) is 4.98 Å². The summed E-state index contributed by atoms with van der Waals surface area (Å²) in [5, 5.41) is 2.97. The van der Waals surface area contributed by atoms with Gasteiger partial charge in [0.1, 0.15) is 5.82 Å². The van der Waals surface area contributed by atoms with Gasteiger partial charge in [-0.1, -0.05) is 18.2 Å². The maximum atomic E-state index is 12.1. The van der Waals surface area contributed by atoms with Crippen LogP contribution < -0.4 is 16.0 Å². The third-order valence-electron chi connectivity index (χ3n) is 4.31. The molecule has 0 spiro atoms. The van der Waals surface area contributed by atoms with Crippen molar-refractivity contribution in [1.82, 2.24) is 10.3 Å². The van der Waals surface area contributed by atoms with Crippen LogP contribution in [0.15, 0.2) is 42.6 Å². The average Bonchev–Trinajstić information content (AvgIpc) is 2.67. The standard InChI is InChI=1S/C19H24N4O2.2ClH/c20-17-4-2-1-3-16(17)5-6-19(24)22-14-15-7-8-21-18(13-15)23-9-11-25-12-10-23;;/h1-4,7-8,13H,5-6,9-12,14,20H2,(H,22,24);2*1H. The minimum absolute atomic E-state index is 0. The lowest BCUT2D eigenvalue weighted by Gasteiger charge is -2.28. The molecule has 0 unspecified atom stereocenters. The topological polar surface area (TPSA) is 80.5 Å². The molecule has 1 aromatic heterocycles. The Morgan fingerprint density at radius 2 is 1.93 bits per heavy atom. The highest BCUT2D eigenvalue weighted by atomic mass is 35.5. The molecule has 1 saturated heterocycles. The zero-order valence-electron chi connectivity index (χ0n) is 15.1. The van der Waals surface area contributed by atoms with Crippen LogP contribution in [0, 0.1) is 0 Å². The van der Waals surface area contributed by atoms with Crippen LogP contribution in [0.3, 0.4) is 0 Å². The monoisotopic (exact) mass is 412 g/mol. The molecule has 0 saturated carbocycles. The van der Waals surface area contributed by atoms with Crippen molar-refractivity contribution in [3.8, 4) is 0 Å². The number of pyridine rings is 1. The predicted molar refractivity (Wildman–Crippen MR) is 113 cm³/mol. The number of nitrogens with zero attached hydrogens (tertiary/aromatic N) is 2. The number of halogens is 2. The molecule has 0 aliphatic carbocycles. The molecular formula is C19H26Cl2N4O2. The Hall–Kier alpha value is -2.02. The van der Waals surface area contributed by atoms with Gasteiger partial charge in [0.2, 0.25) is 5.91 Å². The molecule has 27 heavy (non-hydrogen) atoms. The van der Waals surface area contributed by atoms with Crippen molar-refractivity contribution >= 4 is 42.2 Å². The Bertz CT molecular complexity index is 724. The average molecular weight is 413 g/mol. The van der Waals surface area contributed by atoms with Gasteiger partial charge in [0.15, 0.2) is 0 Å². The quantitative estimate of drug-likeness (QED) is 0.712. The fourth-order valence-corrected chi connectivity index (χ4v) is 2.84. The highest BCUT2D eigenvalue weighted by Crippen LogP contribution is 2.15. The number of ether oxygens (including phenoxy) is 1. The fourth-order valence-electron chi connectivity index (χ4n) is 2.84. The first-order valence-corrected chi connectivity index (χ1v) is 8.60. The number of carbonyl (C=O) groups excluding carboxylic acids is 1. The van der Waals surface area contributed by atoms with E-state index in [1.165, 1.54) is 0 Å². The summed E-state index contributed by atoms with van der Waals surface area (Å²) < 4.78 is 5.37. The van der Waals surface area contributed by atoms with E-state index in [-0.39, 0.29) is 30.7 Å². The van der Waals surface area contributed by atoms with Crippen LogP contribution in [0.1, 0.15) is 17.5 Å². The normalized spacial score (nSPS) is 13.3. The Labute approximate surface area is 172 Å². The van der Waals surface area contributed by atoms with Crippen molar-refractivity contribution < 1.29 is 9.53 Å². The number of nitrogens with one attached hydrogen (secondary N) is 1. The summed E-state index contributed by atoms with van der Waals surface area (Å²) in [7, 11) is 0. The molecule has 1 aliphatic rings. The van der Waals surface area contributed by atoms with Crippen LogP contribution in [-0.4, -0.2) is 37.2 Å². The van der Waals surface area contributed by atoms with E-state index in [1.54, 1.807) is 6.20 Å². The van der Waals surface area contributed by atoms with Gasteiger partial charge in [0, 0.05) is 37.9 Å². The SMILES string of the molecule is Cl.Cl.Nc1ccccc1CCC(=O)NCc1ccnc(N2CCOCC2)c1. The van der Waals surface area contributed by atoms with Crippen LogP contribution >= 0.6 is 24.8 Å². The number of benzene rings is 1. The number of nitrogens with two attached hydrogens (primary N) is 1.